The van der Waals surface area contributed by atoms with Crippen molar-refractivity contribution in [2.24, 2.45) is 0 Å². The number of carbonyl (C=O) groups is 5. The lowest BCUT2D eigenvalue weighted by Crippen LogP contribution is -2.59. The van der Waals surface area contributed by atoms with Gasteiger partial charge in [-0.3, -0.25) is 19.2 Å². The molecule has 13 heteroatoms. The number of rotatable bonds is 9. The van der Waals surface area contributed by atoms with E-state index in [0.29, 0.717) is 24.2 Å². The van der Waals surface area contributed by atoms with E-state index in [0.717, 1.165) is 28.0 Å². The summed E-state index contributed by atoms with van der Waals surface area (Å²) in [6, 6.07) is 26.0. The molecule has 4 aromatic carbocycles. The molecule has 2 bridgehead atoms. The summed E-state index contributed by atoms with van der Waals surface area (Å²) in [6.07, 6.45) is 3.07. The van der Waals surface area contributed by atoms with Gasteiger partial charge in [-0.25, -0.2) is 4.79 Å². The summed E-state index contributed by atoms with van der Waals surface area (Å²) >= 11 is 1.56. The average molecular weight is 777 g/mol. The number of thioether (sulfide) groups is 1. The molecule has 3 aliphatic heterocycles. The standard InChI is InChI=1S/C43H44N4O8S/c1-54-32-19-15-31(16-20-32)30-13-9-28(10-14-30)23-36-40(49)45-35(22-27-6-3-2-4-7-27)41(50)47-38(43(52)53)24-29-11-17-33(18-12-29)55-26-39(48)44-37(42(51)46-36)25-34-8-5-21-56-34/h2-7,9-21,34-38H,8,22-26H2,1H3,(H,44,48)(H,45,49)(H,46,51)(H,47,50)(H,52,53)/t34?,35-,36-,37-,38-/m0/s1. The van der Waals surface area contributed by atoms with Crippen molar-refractivity contribution >= 4 is 41.4 Å². The van der Waals surface area contributed by atoms with Crippen LogP contribution >= 0.6 is 11.8 Å². The number of ether oxygens (including phenoxy) is 2. The number of fused-ring (bicyclic) bond motifs is 16. The van der Waals surface area contributed by atoms with Gasteiger partial charge in [0.25, 0.3) is 5.91 Å². The Labute approximate surface area is 329 Å². The molecule has 0 saturated heterocycles. The third-order valence-electron chi connectivity index (χ3n) is 9.63. The van der Waals surface area contributed by atoms with Gasteiger partial charge in [-0.2, -0.15) is 0 Å². The molecule has 3 aliphatic rings. The first-order chi connectivity index (χ1) is 27.1. The van der Waals surface area contributed by atoms with Crippen molar-refractivity contribution in [3.8, 4) is 22.6 Å². The highest BCUT2D eigenvalue weighted by Crippen LogP contribution is 2.28. The van der Waals surface area contributed by atoms with E-state index in [-0.39, 0.29) is 31.1 Å². The number of amides is 4. The number of carboxylic acid groups (broad SMARTS) is 1. The minimum atomic E-state index is -1.32. The summed E-state index contributed by atoms with van der Waals surface area (Å²) in [7, 11) is 1.60. The molecular weight excluding hydrogens is 733 g/mol. The Morgan fingerprint density at radius 3 is 1.91 bits per heavy atom. The number of carbonyl (C=O) groups excluding carboxylic acids is 4. The molecule has 56 heavy (non-hydrogen) atoms. The Kier molecular flexibility index (Phi) is 13.4. The second kappa shape index (κ2) is 19.0. The van der Waals surface area contributed by atoms with Crippen LogP contribution in [0, 0.1) is 0 Å². The zero-order valence-corrected chi connectivity index (χ0v) is 31.6. The summed E-state index contributed by atoms with van der Waals surface area (Å²) in [6.45, 7) is -0.376. The van der Waals surface area contributed by atoms with E-state index < -0.39 is 53.8 Å². The molecule has 3 heterocycles. The number of benzene rings is 4. The Hall–Kier alpha value is -6.08. The van der Waals surface area contributed by atoms with Crippen LogP contribution in [0.1, 0.15) is 29.5 Å². The van der Waals surface area contributed by atoms with E-state index in [1.165, 1.54) is 0 Å². The zero-order chi connectivity index (χ0) is 39.4. The third-order valence-corrected chi connectivity index (χ3v) is 10.7. The third kappa shape index (κ3) is 11.0. The molecule has 0 spiro atoms. The minimum Gasteiger partial charge on any atom is -0.497 e. The SMILES string of the molecule is COc1ccc(-c2ccc(C[C@@H]3NC(=O)[C@H](CC4CC=CS4)NC(=O)COc4ccc(cc4)C[C@@H](C(=O)O)NC(=O)[C@H](Cc4ccccc4)NC3=O)cc2)cc1. The lowest BCUT2D eigenvalue weighted by atomic mass is 9.98. The molecule has 7 rings (SSSR count). The van der Waals surface area contributed by atoms with Gasteiger partial charge < -0.3 is 35.8 Å². The Morgan fingerprint density at radius 1 is 0.732 bits per heavy atom. The van der Waals surface area contributed by atoms with Gasteiger partial charge in [0.15, 0.2) is 6.61 Å². The van der Waals surface area contributed by atoms with Crippen molar-refractivity contribution in [2.45, 2.75) is 61.5 Å². The first-order valence-corrected chi connectivity index (χ1v) is 19.3. The van der Waals surface area contributed by atoms with Gasteiger partial charge in [0.1, 0.15) is 35.7 Å². The molecule has 0 aliphatic carbocycles. The first kappa shape index (κ1) is 39.6. The average Bonchev–Trinajstić information content (AvgIpc) is 3.73. The van der Waals surface area contributed by atoms with Gasteiger partial charge >= 0.3 is 5.97 Å². The highest BCUT2D eigenvalue weighted by Gasteiger charge is 2.33. The van der Waals surface area contributed by atoms with Gasteiger partial charge in [-0.15, -0.1) is 11.8 Å². The molecule has 0 aromatic heterocycles. The second-order valence-electron chi connectivity index (χ2n) is 13.7. The van der Waals surface area contributed by atoms with Crippen LogP contribution < -0.4 is 30.7 Å². The number of carboxylic acids is 1. The molecule has 1 unspecified atom stereocenters. The summed E-state index contributed by atoms with van der Waals surface area (Å²) in [5.41, 5.74) is 3.95. The van der Waals surface area contributed by atoms with E-state index in [1.54, 1.807) is 67.4 Å². The number of hydrogen-bond acceptors (Lipinski definition) is 8. The molecular formula is C43H44N4O8S. The van der Waals surface area contributed by atoms with Crippen LogP contribution in [0.2, 0.25) is 0 Å². The van der Waals surface area contributed by atoms with Gasteiger partial charge in [-0.1, -0.05) is 84.9 Å². The quantitative estimate of drug-likeness (QED) is 0.156. The maximum atomic E-state index is 14.4. The highest BCUT2D eigenvalue weighted by atomic mass is 32.2. The van der Waals surface area contributed by atoms with Crippen LogP contribution in [0.5, 0.6) is 11.5 Å². The van der Waals surface area contributed by atoms with Gasteiger partial charge in [0.05, 0.1) is 7.11 Å². The summed E-state index contributed by atoms with van der Waals surface area (Å²) in [4.78, 5) is 68.0. The summed E-state index contributed by atoms with van der Waals surface area (Å²) in [5.74, 6) is -2.60. The van der Waals surface area contributed by atoms with Crippen LogP contribution in [-0.2, 0) is 43.2 Å². The molecule has 290 valence electrons. The van der Waals surface area contributed by atoms with Crippen LogP contribution in [0.3, 0.4) is 0 Å². The molecule has 5 N–H and O–H groups in total. The number of allylic oxidation sites excluding steroid dienone is 1. The Bertz CT molecular complexity index is 2020. The van der Waals surface area contributed by atoms with Crippen molar-refractivity contribution in [2.75, 3.05) is 13.7 Å². The normalized spacial score (nSPS) is 22.0. The molecule has 5 atom stereocenters. The monoisotopic (exact) mass is 776 g/mol. The predicted octanol–water partition coefficient (Wildman–Crippen LogP) is 4.22. The fourth-order valence-electron chi connectivity index (χ4n) is 6.56. The van der Waals surface area contributed by atoms with Crippen LogP contribution in [0.25, 0.3) is 11.1 Å². The molecule has 12 nitrogen and oxygen atoms in total. The smallest absolute Gasteiger partial charge is 0.326 e. The molecule has 4 amide bonds. The van der Waals surface area contributed by atoms with E-state index >= 15 is 0 Å². The zero-order valence-electron chi connectivity index (χ0n) is 30.8. The van der Waals surface area contributed by atoms with Gasteiger partial charge in [0.2, 0.25) is 17.7 Å². The lowest BCUT2D eigenvalue weighted by Gasteiger charge is -2.27. The van der Waals surface area contributed by atoms with E-state index in [1.807, 2.05) is 66.1 Å². The van der Waals surface area contributed by atoms with Crippen molar-refractivity contribution < 1.29 is 38.6 Å². The fraction of sp³-hybridized carbons (Fsp3) is 0.279. The van der Waals surface area contributed by atoms with Crippen molar-refractivity contribution in [1.29, 1.82) is 0 Å². The van der Waals surface area contributed by atoms with Crippen molar-refractivity contribution in [1.82, 2.24) is 21.3 Å². The Morgan fingerprint density at radius 2 is 1.32 bits per heavy atom. The number of methoxy groups -OCH3 is 1. The fourth-order valence-corrected chi connectivity index (χ4v) is 7.53. The molecule has 0 saturated carbocycles. The highest BCUT2D eigenvalue weighted by molar-refractivity contribution is 8.03. The van der Waals surface area contributed by atoms with E-state index in [4.69, 9.17) is 9.47 Å². The van der Waals surface area contributed by atoms with Gasteiger partial charge in [0, 0.05) is 24.5 Å². The van der Waals surface area contributed by atoms with Crippen LogP contribution in [-0.4, -0.2) is 77.8 Å². The number of hydrogen-bond donors (Lipinski definition) is 5. The molecule has 0 radical (unpaired) electrons. The van der Waals surface area contributed by atoms with E-state index in [2.05, 4.69) is 21.3 Å². The Balaban J connectivity index is 1.32. The van der Waals surface area contributed by atoms with Crippen LogP contribution in [0.15, 0.2) is 115 Å². The lowest BCUT2D eigenvalue weighted by molar-refractivity contribution is -0.142. The van der Waals surface area contributed by atoms with Crippen LogP contribution in [0.4, 0.5) is 0 Å². The second-order valence-corrected chi connectivity index (χ2v) is 14.9. The van der Waals surface area contributed by atoms with Crippen molar-refractivity contribution in [3.05, 3.63) is 131 Å². The molecule has 0 fully saturated rings. The maximum absolute atomic E-state index is 14.4. The molecule has 4 aromatic rings. The summed E-state index contributed by atoms with van der Waals surface area (Å²) in [5, 5.41) is 23.2. The predicted molar refractivity (Wildman–Crippen MR) is 213 cm³/mol. The number of nitrogens with one attached hydrogen (secondary N) is 4. The topological polar surface area (TPSA) is 172 Å². The van der Waals surface area contributed by atoms with Gasteiger partial charge in [-0.05, 0) is 70.3 Å². The minimum absolute atomic E-state index is 0.0278. The largest absolute Gasteiger partial charge is 0.497 e. The first-order valence-electron chi connectivity index (χ1n) is 18.4. The van der Waals surface area contributed by atoms with E-state index in [9.17, 15) is 29.1 Å². The number of aliphatic carboxylic acids is 1. The maximum Gasteiger partial charge on any atom is 0.326 e. The summed E-state index contributed by atoms with van der Waals surface area (Å²) < 4.78 is 11.0. The van der Waals surface area contributed by atoms with Crippen molar-refractivity contribution in [3.63, 3.8) is 0 Å².